The van der Waals surface area contributed by atoms with E-state index in [0.717, 1.165) is 28.9 Å². The van der Waals surface area contributed by atoms with Crippen LogP contribution >= 0.6 is 11.3 Å². The zero-order chi connectivity index (χ0) is 19.4. The summed E-state index contributed by atoms with van der Waals surface area (Å²) in [6.07, 6.45) is 0.940. The van der Waals surface area contributed by atoms with Crippen molar-refractivity contribution < 1.29 is 19.0 Å². The van der Waals surface area contributed by atoms with Crippen LogP contribution in [0, 0.1) is 0 Å². The van der Waals surface area contributed by atoms with Crippen LogP contribution in [0.25, 0.3) is 10.2 Å². The molecular weight excluding hydrogens is 364 g/mol. The minimum Gasteiger partial charge on any atom is -0.497 e. The molecule has 0 atom stereocenters. The molecule has 2 aromatic carbocycles. The van der Waals surface area contributed by atoms with E-state index in [2.05, 4.69) is 16.5 Å². The van der Waals surface area contributed by atoms with Gasteiger partial charge in [0.1, 0.15) is 5.75 Å². The Morgan fingerprint density at radius 3 is 2.48 bits per heavy atom. The van der Waals surface area contributed by atoms with Gasteiger partial charge >= 0.3 is 0 Å². The second-order valence-corrected chi connectivity index (χ2v) is 6.87. The van der Waals surface area contributed by atoms with Crippen molar-refractivity contribution in [1.29, 1.82) is 0 Å². The fourth-order valence-electron chi connectivity index (χ4n) is 2.83. The smallest absolute Gasteiger partial charge is 0.279 e. The van der Waals surface area contributed by atoms with Gasteiger partial charge in [-0.3, -0.25) is 4.79 Å². The minimum absolute atomic E-state index is 0.320. The van der Waals surface area contributed by atoms with E-state index in [1.807, 2.05) is 18.2 Å². The number of methoxy groups -OCH3 is 3. The number of carbonyl (C=O) groups excluding carboxylic acids is 1. The molecule has 0 aliphatic heterocycles. The number of carbonyl (C=O) groups is 1. The number of nitrogens with zero attached hydrogens (tertiary/aromatic N) is 2. The summed E-state index contributed by atoms with van der Waals surface area (Å²) in [5, 5.41) is 0. The third kappa shape index (κ3) is 3.83. The van der Waals surface area contributed by atoms with Crippen LogP contribution in [0.4, 0.5) is 0 Å². The van der Waals surface area contributed by atoms with Gasteiger partial charge in [0.25, 0.3) is 5.91 Å². The number of hydrogen-bond donors (Lipinski definition) is 0. The highest BCUT2D eigenvalue weighted by molar-refractivity contribution is 7.16. The Balaban J connectivity index is 2.08. The summed E-state index contributed by atoms with van der Waals surface area (Å²) in [6, 6.07) is 10.9. The Morgan fingerprint density at radius 2 is 1.81 bits per heavy atom. The number of benzene rings is 2. The van der Waals surface area contributed by atoms with E-state index in [4.69, 9.17) is 14.2 Å². The van der Waals surface area contributed by atoms with Crippen molar-refractivity contribution in [2.45, 2.75) is 19.9 Å². The zero-order valence-corrected chi connectivity index (χ0v) is 16.6. The first-order valence-electron chi connectivity index (χ1n) is 8.59. The summed E-state index contributed by atoms with van der Waals surface area (Å²) in [6.45, 7) is 2.88. The topological polar surface area (TPSA) is 62.1 Å². The van der Waals surface area contributed by atoms with Crippen LogP contribution in [0.15, 0.2) is 41.4 Å². The average Bonchev–Trinajstić information content (AvgIpc) is 3.03. The van der Waals surface area contributed by atoms with Gasteiger partial charge in [0, 0.05) is 12.1 Å². The maximum absolute atomic E-state index is 12.7. The summed E-state index contributed by atoms with van der Waals surface area (Å²) in [5.74, 6) is 1.54. The van der Waals surface area contributed by atoms with E-state index in [1.165, 1.54) is 18.4 Å². The maximum Gasteiger partial charge on any atom is 0.279 e. The highest BCUT2D eigenvalue weighted by atomic mass is 32.1. The molecular formula is C20H22N2O4S. The molecule has 1 aromatic heterocycles. The van der Waals surface area contributed by atoms with Gasteiger partial charge in [-0.1, -0.05) is 18.3 Å². The summed E-state index contributed by atoms with van der Waals surface area (Å²) >= 11 is 1.47. The number of ether oxygens (including phenoxy) is 3. The summed E-state index contributed by atoms with van der Waals surface area (Å²) < 4.78 is 18.9. The molecule has 0 unspecified atom stereocenters. The van der Waals surface area contributed by atoms with Crippen molar-refractivity contribution in [3.8, 4) is 17.2 Å². The number of aromatic nitrogens is 1. The molecule has 0 spiro atoms. The predicted octanol–water partition coefficient (Wildman–Crippen LogP) is 3.88. The molecule has 0 bridgehead atoms. The van der Waals surface area contributed by atoms with Crippen LogP contribution in [0.2, 0.25) is 0 Å². The molecule has 27 heavy (non-hydrogen) atoms. The molecule has 0 radical (unpaired) electrons. The minimum atomic E-state index is -0.320. The third-order valence-corrected chi connectivity index (χ3v) is 5.21. The lowest BCUT2D eigenvalue weighted by atomic mass is 10.2. The van der Waals surface area contributed by atoms with E-state index in [0.29, 0.717) is 21.9 Å². The van der Waals surface area contributed by atoms with Crippen molar-refractivity contribution in [1.82, 2.24) is 4.57 Å². The Bertz CT molecular complexity index is 1040. The van der Waals surface area contributed by atoms with E-state index < -0.39 is 0 Å². The van der Waals surface area contributed by atoms with Crippen molar-refractivity contribution in [3.63, 3.8) is 0 Å². The van der Waals surface area contributed by atoms with Crippen LogP contribution in [-0.2, 0) is 6.54 Å². The van der Waals surface area contributed by atoms with Gasteiger partial charge in [0.15, 0.2) is 16.3 Å². The number of thiazole rings is 1. The van der Waals surface area contributed by atoms with Crippen LogP contribution in [0.5, 0.6) is 17.2 Å². The van der Waals surface area contributed by atoms with Gasteiger partial charge in [0.2, 0.25) is 0 Å². The first-order valence-corrected chi connectivity index (χ1v) is 9.41. The molecule has 142 valence electrons. The largest absolute Gasteiger partial charge is 0.497 e. The first-order chi connectivity index (χ1) is 13.1. The molecule has 3 aromatic rings. The molecule has 0 aliphatic carbocycles. The quantitative estimate of drug-likeness (QED) is 0.645. The lowest BCUT2D eigenvalue weighted by Gasteiger charge is -2.07. The van der Waals surface area contributed by atoms with Gasteiger partial charge in [-0.05, 0) is 42.8 Å². The SMILES string of the molecule is CCCn1c(=NC(=O)c2ccc(OC)c(OC)c2)sc2cc(OC)ccc21. The van der Waals surface area contributed by atoms with Gasteiger partial charge in [-0.15, -0.1) is 0 Å². The second kappa shape index (κ2) is 8.26. The fraction of sp³-hybridized carbons (Fsp3) is 0.300. The van der Waals surface area contributed by atoms with Crippen molar-refractivity contribution in [3.05, 3.63) is 46.8 Å². The molecule has 6 nitrogen and oxygen atoms in total. The maximum atomic E-state index is 12.7. The van der Waals surface area contributed by atoms with E-state index >= 15 is 0 Å². The average molecular weight is 386 g/mol. The lowest BCUT2D eigenvalue weighted by molar-refractivity contribution is 0.0997. The van der Waals surface area contributed by atoms with Gasteiger partial charge in [0.05, 0.1) is 31.5 Å². The van der Waals surface area contributed by atoms with Crippen molar-refractivity contribution >= 4 is 27.5 Å². The second-order valence-electron chi connectivity index (χ2n) is 5.86. The monoisotopic (exact) mass is 386 g/mol. The molecule has 1 heterocycles. The van der Waals surface area contributed by atoms with E-state index in [9.17, 15) is 4.79 Å². The molecule has 0 fully saturated rings. The summed E-state index contributed by atoms with van der Waals surface area (Å²) in [4.78, 5) is 17.8. The molecule has 0 saturated carbocycles. The number of aryl methyl sites for hydroxylation is 1. The highest BCUT2D eigenvalue weighted by Crippen LogP contribution is 2.28. The molecule has 3 rings (SSSR count). The van der Waals surface area contributed by atoms with Crippen molar-refractivity contribution in [2.75, 3.05) is 21.3 Å². The summed E-state index contributed by atoms with van der Waals surface area (Å²) in [5.41, 5.74) is 1.49. The van der Waals surface area contributed by atoms with Crippen LogP contribution < -0.4 is 19.0 Å². The third-order valence-electron chi connectivity index (χ3n) is 4.16. The van der Waals surface area contributed by atoms with Crippen LogP contribution in [0.3, 0.4) is 0 Å². The standard InChI is InChI=1S/C20H22N2O4S/c1-5-10-22-15-8-7-14(24-2)12-18(15)27-20(22)21-19(23)13-6-9-16(25-3)17(11-13)26-4/h6-9,11-12H,5,10H2,1-4H3. The molecule has 0 aliphatic rings. The summed E-state index contributed by atoms with van der Waals surface area (Å²) in [7, 11) is 4.74. The number of hydrogen-bond acceptors (Lipinski definition) is 5. The molecule has 0 saturated heterocycles. The number of rotatable bonds is 6. The Morgan fingerprint density at radius 1 is 1.04 bits per heavy atom. The van der Waals surface area contributed by atoms with Crippen molar-refractivity contribution in [2.24, 2.45) is 4.99 Å². The first kappa shape index (κ1) is 19.0. The van der Waals surface area contributed by atoms with Gasteiger partial charge < -0.3 is 18.8 Å². The van der Waals surface area contributed by atoms with Gasteiger partial charge in [-0.25, -0.2) is 0 Å². The van der Waals surface area contributed by atoms with Gasteiger partial charge in [-0.2, -0.15) is 4.99 Å². The number of amides is 1. The Labute approximate surface area is 161 Å². The van der Waals surface area contributed by atoms with Crippen LogP contribution in [0.1, 0.15) is 23.7 Å². The zero-order valence-electron chi connectivity index (χ0n) is 15.8. The van der Waals surface area contributed by atoms with Crippen LogP contribution in [-0.4, -0.2) is 31.8 Å². The number of fused-ring (bicyclic) bond motifs is 1. The van der Waals surface area contributed by atoms with E-state index in [1.54, 1.807) is 32.4 Å². The Hall–Kier alpha value is -2.80. The molecule has 0 N–H and O–H groups in total. The fourth-order valence-corrected chi connectivity index (χ4v) is 3.91. The highest BCUT2D eigenvalue weighted by Gasteiger charge is 2.12. The Kier molecular flexibility index (Phi) is 5.81. The van der Waals surface area contributed by atoms with E-state index in [-0.39, 0.29) is 5.91 Å². The molecule has 1 amide bonds. The molecule has 7 heteroatoms. The lowest BCUT2D eigenvalue weighted by Crippen LogP contribution is -2.16. The predicted molar refractivity (Wildman–Crippen MR) is 106 cm³/mol. The normalized spacial score (nSPS) is 11.6.